The summed E-state index contributed by atoms with van der Waals surface area (Å²) in [7, 11) is 7.10. The molecule has 0 saturated carbocycles. The zero-order valence-electron chi connectivity index (χ0n) is 5.62. The van der Waals surface area contributed by atoms with Crippen molar-refractivity contribution in [2.24, 2.45) is 0 Å². The van der Waals surface area contributed by atoms with Gasteiger partial charge in [0.2, 0.25) is 0 Å². The minimum absolute atomic E-state index is 1.01. The standard InChI is InChI=1S/C3H6S2.C2H6S2.Sn.H/c4-3-1-5-2-3;3-1-2-4;;/h3-4H,1-2H2;3-4H,1-2H2;;/q;;+3;/p-3. The molecular formula is C5H10S4Sn. The van der Waals surface area contributed by atoms with E-state index in [-0.39, 0.29) is 0 Å². The second-order valence-corrected chi connectivity index (χ2v) is 31.0. The molecule has 0 aromatic carbocycles. The summed E-state index contributed by atoms with van der Waals surface area (Å²) < 4.78 is 0. The number of thioether (sulfide) groups is 1. The van der Waals surface area contributed by atoms with Crippen LogP contribution in [0.15, 0.2) is 0 Å². The Kier molecular flexibility index (Phi) is 3.90. The Bertz CT molecular complexity index is 110. The fraction of sp³-hybridized carbons (Fsp3) is 1.00. The van der Waals surface area contributed by atoms with Crippen molar-refractivity contribution in [3.8, 4) is 0 Å². The normalized spacial score (nSPS) is 28.8. The SMILES string of the molecule is C1C[S][SnH]([S]C2CSC2)[S]1. The third-order valence-electron chi connectivity index (χ3n) is 1.50. The predicted molar refractivity (Wildman–Crippen MR) is 60.8 cm³/mol. The van der Waals surface area contributed by atoms with Gasteiger partial charge in [0.05, 0.1) is 0 Å². The van der Waals surface area contributed by atoms with Crippen LogP contribution in [0, 0.1) is 0 Å². The van der Waals surface area contributed by atoms with Crippen LogP contribution >= 0.6 is 38.6 Å². The van der Waals surface area contributed by atoms with Gasteiger partial charge in [-0.15, -0.1) is 0 Å². The van der Waals surface area contributed by atoms with E-state index < -0.39 is 15.6 Å². The molecule has 2 fully saturated rings. The maximum absolute atomic E-state index is 2.41. The third kappa shape index (κ3) is 2.34. The molecule has 2 aliphatic rings. The topological polar surface area (TPSA) is 0 Å². The van der Waals surface area contributed by atoms with Crippen molar-refractivity contribution in [2.45, 2.75) is 5.25 Å². The molecule has 2 heterocycles. The second-order valence-electron chi connectivity index (χ2n) is 2.33. The van der Waals surface area contributed by atoms with Gasteiger partial charge in [-0.05, 0) is 0 Å². The van der Waals surface area contributed by atoms with Crippen LogP contribution in [-0.4, -0.2) is 43.9 Å². The Morgan fingerprint density at radius 1 is 1.20 bits per heavy atom. The van der Waals surface area contributed by atoms with Crippen LogP contribution in [0.1, 0.15) is 0 Å². The first-order valence-electron chi connectivity index (χ1n) is 3.41. The van der Waals surface area contributed by atoms with Gasteiger partial charge < -0.3 is 0 Å². The van der Waals surface area contributed by atoms with E-state index >= 15 is 0 Å². The molecule has 0 aromatic rings. The van der Waals surface area contributed by atoms with Gasteiger partial charge in [0.15, 0.2) is 0 Å². The van der Waals surface area contributed by atoms with Crippen LogP contribution < -0.4 is 0 Å². The Morgan fingerprint density at radius 2 is 1.90 bits per heavy atom. The molecule has 0 aliphatic carbocycles. The molecule has 10 heavy (non-hydrogen) atoms. The van der Waals surface area contributed by atoms with Crippen LogP contribution in [-0.2, 0) is 0 Å². The molecule has 0 N–H and O–H groups in total. The van der Waals surface area contributed by atoms with Gasteiger partial charge in [0.25, 0.3) is 0 Å². The van der Waals surface area contributed by atoms with Crippen molar-refractivity contribution in [1.82, 2.24) is 0 Å². The molecular weight excluding hydrogens is 307 g/mol. The summed E-state index contributed by atoms with van der Waals surface area (Å²) in [5, 5.41) is 1.09. The van der Waals surface area contributed by atoms with E-state index in [0.717, 1.165) is 5.25 Å². The van der Waals surface area contributed by atoms with Crippen molar-refractivity contribution in [2.75, 3.05) is 23.0 Å². The Hall–Kier alpha value is 2.20. The van der Waals surface area contributed by atoms with Crippen molar-refractivity contribution in [3.63, 3.8) is 0 Å². The van der Waals surface area contributed by atoms with Gasteiger partial charge in [0.1, 0.15) is 0 Å². The summed E-state index contributed by atoms with van der Waals surface area (Å²) in [5.74, 6) is 5.86. The molecule has 0 amide bonds. The Balaban J connectivity index is 1.68. The summed E-state index contributed by atoms with van der Waals surface area (Å²) in [6.07, 6.45) is 0. The Morgan fingerprint density at radius 3 is 2.40 bits per heavy atom. The fourth-order valence-electron chi connectivity index (χ4n) is 0.865. The maximum atomic E-state index is 2.41. The molecule has 2 aliphatic heterocycles. The average Bonchev–Trinajstić information content (AvgIpc) is 2.29. The van der Waals surface area contributed by atoms with E-state index in [9.17, 15) is 0 Å². The fourth-order valence-corrected chi connectivity index (χ4v) is 40.5. The average molecular weight is 317 g/mol. The van der Waals surface area contributed by atoms with Crippen molar-refractivity contribution in [3.05, 3.63) is 0 Å². The molecule has 2 saturated heterocycles. The molecule has 0 atom stereocenters. The molecule has 0 bridgehead atoms. The molecule has 0 aromatic heterocycles. The van der Waals surface area contributed by atoms with E-state index in [4.69, 9.17) is 0 Å². The third-order valence-corrected chi connectivity index (χ3v) is 35.1. The van der Waals surface area contributed by atoms with E-state index in [1.54, 1.807) is 0 Å². The molecule has 0 radical (unpaired) electrons. The number of hydrogen-bond donors (Lipinski definition) is 0. The molecule has 2 rings (SSSR count). The van der Waals surface area contributed by atoms with Gasteiger partial charge >= 0.3 is 82.5 Å². The molecule has 0 nitrogen and oxygen atoms in total. The van der Waals surface area contributed by atoms with Crippen LogP contribution in [0.4, 0.5) is 0 Å². The van der Waals surface area contributed by atoms with Crippen molar-refractivity contribution < 1.29 is 0 Å². The van der Waals surface area contributed by atoms with E-state index in [1.165, 1.54) is 23.0 Å². The van der Waals surface area contributed by atoms with Gasteiger partial charge in [0, 0.05) is 0 Å². The quantitative estimate of drug-likeness (QED) is 0.715. The number of rotatable bonds is 2. The zero-order chi connectivity index (χ0) is 6.81. The Labute approximate surface area is 81.5 Å². The molecule has 5 heteroatoms. The van der Waals surface area contributed by atoms with Gasteiger partial charge in [-0.1, -0.05) is 0 Å². The second kappa shape index (κ2) is 4.44. The molecule has 0 unspecified atom stereocenters. The van der Waals surface area contributed by atoms with Gasteiger partial charge in [-0.3, -0.25) is 0 Å². The van der Waals surface area contributed by atoms with Gasteiger partial charge in [-0.25, -0.2) is 0 Å². The summed E-state index contributed by atoms with van der Waals surface area (Å²) >= 11 is 1.11. The van der Waals surface area contributed by atoms with E-state index in [1.807, 2.05) is 0 Å². The first-order chi connectivity index (χ1) is 4.95. The first kappa shape index (κ1) is 8.78. The molecule has 58 valence electrons. The van der Waals surface area contributed by atoms with Crippen LogP contribution in [0.25, 0.3) is 0 Å². The molecule has 0 spiro atoms. The number of hydrogen-bond acceptors (Lipinski definition) is 4. The van der Waals surface area contributed by atoms with Crippen LogP contribution in [0.3, 0.4) is 0 Å². The van der Waals surface area contributed by atoms with Crippen LogP contribution in [0.5, 0.6) is 0 Å². The summed E-state index contributed by atoms with van der Waals surface area (Å²) in [6.45, 7) is 0. The van der Waals surface area contributed by atoms with Crippen LogP contribution in [0.2, 0.25) is 0 Å². The summed E-state index contributed by atoms with van der Waals surface area (Å²) in [5.41, 5.74) is 0. The first-order valence-corrected chi connectivity index (χ1v) is 19.7. The van der Waals surface area contributed by atoms with Crippen molar-refractivity contribution in [1.29, 1.82) is 0 Å². The predicted octanol–water partition coefficient (Wildman–Crippen LogP) is 2.03. The van der Waals surface area contributed by atoms with E-state index in [2.05, 4.69) is 38.6 Å². The monoisotopic (exact) mass is 318 g/mol. The van der Waals surface area contributed by atoms with E-state index in [0.29, 0.717) is 0 Å². The minimum atomic E-state index is -1.01. The summed E-state index contributed by atoms with van der Waals surface area (Å²) in [4.78, 5) is 0. The summed E-state index contributed by atoms with van der Waals surface area (Å²) in [6, 6.07) is 0. The zero-order valence-corrected chi connectivity index (χ0v) is 12.2. The van der Waals surface area contributed by atoms with Gasteiger partial charge in [-0.2, -0.15) is 0 Å². The van der Waals surface area contributed by atoms with Crippen molar-refractivity contribution >= 4 is 54.2 Å².